The van der Waals surface area contributed by atoms with E-state index in [1.165, 1.54) is 11.9 Å². The minimum atomic E-state index is 0.472. The number of aromatic nitrogens is 3. The van der Waals surface area contributed by atoms with Gasteiger partial charge in [0.15, 0.2) is 0 Å². The summed E-state index contributed by atoms with van der Waals surface area (Å²) in [6.07, 6.45) is 3.58. The van der Waals surface area contributed by atoms with Crippen molar-refractivity contribution in [3.63, 3.8) is 0 Å². The third-order valence-corrected chi connectivity index (χ3v) is 4.22. The SMILES string of the molecule is Cc1ccc(-n2cc(-c3ccccc3)c3c(Cl)ncnc32)cc1. The van der Waals surface area contributed by atoms with Gasteiger partial charge in [0.05, 0.1) is 5.39 Å². The van der Waals surface area contributed by atoms with Gasteiger partial charge in [-0.15, -0.1) is 0 Å². The number of aryl methyl sites for hydroxylation is 1. The van der Waals surface area contributed by atoms with E-state index in [2.05, 4.69) is 64.1 Å². The molecule has 0 unspecified atom stereocenters. The summed E-state index contributed by atoms with van der Waals surface area (Å²) in [6, 6.07) is 18.5. The van der Waals surface area contributed by atoms with E-state index in [1.807, 2.05) is 18.2 Å². The Labute approximate surface area is 139 Å². The van der Waals surface area contributed by atoms with Gasteiger partial charge in [0.1, 0.15) is 17.1 Å². The van der Waals surface area contributed by atoms with Crippen molar-refractivity contribution in [1.29, 1.82) is 0 Å². The predicted molar refractivity (Wildman–Crippen MR) is 94.0 cm³/mol. The molecule has 0 bridgehead atoms. The van der Waals surface area contributed by atoms with Crippen LogP contribution in [0.1, 0.15) is 5.56 Å². The minimum Gasteiger partial charge on any atom is -0.301 e. The van der Waals surface area contributed by atoms with Gasteiger partial charge in [0.25, 0.3) is 0 Å². The van der Waals surface area contributed by atoms with Crippen molar-refractivity contribution < 1.29 is 0 Å². The zero-order valence-corrected chi connectivity index (χ0v) is 13.3. The van der Waals surface area contributed by atoms with Crippen LogP contribution in [0, 0.1) is 6.92 Å². The Hall–Kier alpha value is -2.65. The lowest BCUT2D eigenvalue weighted by atomic mass is 10.1. The summed E-state index contributed by atoms with van der Waals surface area (Å²) in [6.45, 7) is 2.08. The summed E-state index contributed by atoms with van der Waals surface area (Å²) in [5.74, 6) is 0. The van der Waals surface area contributed by atoms with E-state index in [0.29, 0.717) is 5.15 Å². The van der Waals surface area contributed by atoms with Crippen molar-refractivity contribution in [3.8, 4) is 16.8 Å². The molecule has 0 aliphatic rings. The Balaban J connectivity index is 2.03. The highest BCUT2D eigenvalue weighted by molar-refractivity contribution is 6.35. The van der Waals surface area contributed by atoms with Gasteiger partial charge in [-0.1, -0.05) is 59.6 Å². The van der Waals surface area contributed by atoms with Crippen LogP contribution in [0.3, 0.4) is 0 Å². The highest BCUT2D eigenvalue weighted by atomic mass is 35.5. The molecule has 2 aromatic heterocycles. The standard InChI is InChI=1S/C19H14ClN3/c1-13-7-9-15(10-8-13)23-11-16(14-5-3-2-4-6-14)17-18(20)21-12-22-19(17)23/h2-12H,1H3. The van der Waals surface area contributed by atoms with Crippen molar-refractivity contribution in [2.24, 2.45) is 0 Å². The molecular formula is C19H14ClN3. The van der Waals surface area contributed by atoms with Crippen molar-refractivity contribution >= 4 is 22.6 Å². The summed E-state index contributed by atoms with van der Waals surface area (Å²) in [4.78, 5) is 8.61. The molecule has 23 heavy (non-hydrogen) atoms. The smallest absolute Gasteiger partial charge is 0.150 e. The van der Waals surface area contributed by atoms with Crippen LogP contribution in [-0.4, -0.2) is 14.5 Å². The van der Waals surface area contributed by atoms with Crippen molar-refractivity contribution in [2.45, 2.75) is 6.92 Å². The molecule has 3 nitrogen and oxygen atoms in total. The summed E-state index contributed by atoms with van der Waals surface area (Å²) in [7, 11) is 0. The van der Waals surface area contributed by atoms with Gasteiger partial charge < -0.3 is 4.57 Å². The first-order valence-corrected chi connectivity index (χ1v) is 7.76. The van der Waals surface area contributed by atoms with E-state index < -0.39 is 0 Å². The van der Waals surface area contributed by atoms with Gasteiger partial charge in [-0.2, -0.15) is 0 Å². The van der Waals surface area contributed by atoms with Crippen LogP contribution in [0.25, 0.3) is 27.8 Å². The van der Waals surface area contributed by atoms with E-state index in [0.717, 1.165) is 27.8 Å². The quantitative estimate of drug-likeness (QED) is 0.484. The third kappa shape index (κ3) is 2.39. The lowest BCUT2D eigenvalue weighted by Crippen LogP contribution is -1.94. The van der Waals surface area contributed by atoms with Gasteiger partial charge >= 0.3 is 0 Å². The second kappa shape index (κ2) is 5.52. The van der Waals surface area contributed by atoms with Gasteiger partial charge in [-0.3, -0.25) is 0 Å². The fourth-order valence-corrected chi connectivity index (χ4v) is 2.99. The average Bonchev–Trinajstić information content (AvgIpc) is 2.97. The molecule has 0 fully saturated rings. The average molecular weight is 320 g/mol. The second-order valence-corrected chi connectivity index (χ2v) is 5.84. The van der Waals surface area contributed by atoms with E-state index in [1.54, 1.807) is 0 Å². The summed E-state index contributed by atoms with van der Waals surface area (Å²) >= 11 is 6.37. The Morgan fingerprint density at radius 3 is 2.39 bits per heavy atom. The zero-order valence-electron chi connectivity index (χ0n) is 12.6. The molecule has 0 N–H and O–H groups in total. The fourth-order valence-electron chi connectivity index (χ4n) is 2.76. The highest BCUT2D eigenvalue weighted by Crippen LogP contribution is 2.34. The summed E-state index contributed by atoms with van der Waals surface area (Å²) in [5.41, 5.74) is 5.22. The molecule has 0 saturated heterocycles. The van der Waals surface area contributed by atoms with Gasteiger partial charge in [0, 0.05) is 17.4 Å². The molecule has 0 saturated carbocycles. The van der Waals surface area contributed by atoms with Crippen LogP contribution in [-0.2, 0) is 0 Å². The van der Waals surface area contributed by atoms with Crippen LogP contribution < -0.4 is 0 Å². The molecule has 2 aromatic carbocycles. The van der Waals surface area contributed by atoms with Crippen LogP contribution in [0.2, 0.25) is 5.15 Å². The topological polar surface area (TPSA) is 30.7 Å². The van der Waals surface area contributed by atoms with Gasteiger partial charge in [0.2, 0.25) is 0 Å². The number of nitrogens with zero attached hydrogens (tertiary/aromatic N) is 3. The second-order valence-electron chi connectivity index (χ2n) is 5.48. The summed E-state index contributed by atoms with van der Waals surface area (Å²) in [5, 5.41) is 1.35. The number of hydrogen-bond donors (Lipinski definition) is 0. The molecular weight excluding hydrogens is 306 g/mol. The summed E-state index contributed by atoms with van der Waals surface area (Å²) < 4.78 is 2.06. The molecule has 0 radical (unpaired) electrons. The minimum absolute atomic E-state index is 0.472. The Kier molecular flexibility index (Phi) is 3.36. The van der Waals surface area contributed by atoms with Crippen LogP contribution in [0.5, 0.6) is 0 Å². The number of fused-ring (bicyclic) bond motifs is 1. The van der Waals surface area contributed by atoms with Gasteiger partial charge in [-0.25, -0.2) is 9.97 Å². The van der Waals surface area contributed by atoms with E-state index in [4.69, 9.17) is 11.6 Å². The molecule has 0 atom stereocenters. The first kappa shape index (κ1) is 14.0. The Bertz CT molecular complexity index is 973. The lowest BCUT2D eigenvalue weighted by molar-refractivity contribution is 1.07. The molecule has 112 valence electrons. The van der Waals surface area contributed by atoms with Gasteiger partial charge in [-0.05, 0) is 24.6 Å². The van der Waals surface area contributed by atoms with E-state index in [9.17, 15) is 0 Å². The molecule has 4 rings (SSSR count). The number of hydrogen-bond acceptors (Lipinski definition) is 2. The molecule has 0 spiro atoms. The maximum atomic E-state index is 6.37. The monoisotopic (exact) mass is 319 g/mol. The largest absolute Gasteiger partial charge is 0.301 e. The van der Waals surface area contributed by atoms with Crippen LogP contribution in [0.15, 0.2) is 67.1 Å². The fraction of sp³-hybridized carbons (Fsp3) is 0.0526. The first-order chi connectivity index (χ1) is 11.2. The predicted octanol–water partition coefficient (Wildman–Crippen LogP) is 5.05. The Morgan fingerprint density at radius 2 is 1.65 bits per heavy atom. The highest BCUT2D eigenvalue weighted by Gasteiger charge is 2.16. The maximum absolute atomic E-state index is 6.37. The zero-order chi connectivity index (χ0) is 15.8. The normalized spacial score (nSPS) is 11.0. The number of rotatable bonds is 2. The lowest BCUT2D eigenvalue weighted by Gasteiger charge is -2.04. The van der Waals surface area contributed by atoms with Crippen LogP contribution in [0.4, 0.5) is 0 Å². The van der Waals surface area contributed by atoms with E-state index >= 15 is 0 Å². The molecule has 4 aromatic rings. The molecule has 0 amide bonds. The van der Waals surface area contributed by atoms with Crippen molar-refractivity contribution in [3.05, 3.63) is 77.8 Å². The maximum Gasteiger partial charge on any atom is 0.150 e. The molecule has 2 heterocycles. The third-order valence-electron chi connectivity index (χ3n) is 3.93. The molecule has 0 aliphatic heterocycles. The Morgan fingerprint density at radius 1 is 0.913 bits per heavy atom. The number of halogens is 1. The molecule has 4 heteroatoms. The van der Waals surface area contributed by atoms with E-state index in [-0.39, 0.29) is 0 Å². The van der Waals surface area contributed by atoms with Crippen LogP contribution >= 0.6 is 11.6 Å². The van der Waals surface area contributed by atoms with Crippen molar-refractivity contribution in [2.75, 3.05) is 0 Å². The first-order valence-electron chi connectivity index (χ1n) is 7.38. The number of benzene rings is 2. The van der Waals surface area contributed by atoms with Crippen molar-refractivity contribution in [1.82, 2.24) is 14.5 Å². The molecule has 0 aliphatic carbocycles.